The molecule has 0 spiro atoms. The Labute approximate surface area is 130 Å². The van der Waals surface area contributed by atoms with Gasteiger partial charge in [0, 0.05) is 18.8 Å². The molecule has 0 bridgehead atoms. The standard InChI is InChI=1S/C15H23N5O2/c1-10-6-12(18-11(2)17-10)7-16-15(21)20-8-13-14(9-20)22-5-4-19(13)3/h6,13-14H,4-5,7-9H2,1-3H3,(H,16,21)/t13-,14+/m0/s1. The topological polar surface area (TPSA) is 70.6 Å². The van der Waals surface area contributed by atoms with E-state index in [0.29, 0.717) is 19.1 Å². The number of carbonyl (C=O) groups excluding carboxylic acids is 1. The lowest BCUT2D eigenvalue weighted by atomic mass is 10.1. The second-order valence-corrected chi connectivity index (χ2v) is 6.07. The summed E-state index contributed by atoms with van der Waals surface area (Å²) in [6.45, 7) is 7.25. The van der Waals surface area contributed by atoms with E-state index in [4.69, 9.17) is 4.74 Å². The first-order valence-electron chi connectivity index (χ1n) is 7.68. The fraction of sp³-hybridized carbons (Fsp3) is 0.667. The van der Waals surface area contributed by atoms with E-state index < -0.39 is 0 Å². The minimum atomic E-state index is -0.0553. The molecule has 0 aromatic carbocycles. The van der Waals surface area contributed by atoms with Crippen LogP contribution in [0.3, 0.4) is 0 Å². The molecule has 1 N–H and O–H groups in total. The van der Waals surface area contributed by atoms with Crippen LogP contribution in [0.25, 0.3) is 0 Å². The third-order valence-electron chi connectivity index (χ3n) is 4.31. The number of hydrogen-bond donors (Lipinski definition) is 1. The molecule has 7 nitrogen and oxygen atoms in total. The number of nitrogens with zero attached hydrogens (tertiary/aromatic N) is 4. The van der Waals surface area contributed by atoms with Gasteiger partial charge in [-0.25, -0.2) is 14.8 Å². The van der Waals surface area contributed by atoms with Crippen LogP contribution in [0, 0.1) is 13.8 Å². The lowest BCUT2D eigenvalue weighted by Gasteiger charge is -2.33. The maximum Gasteiger partial charge on any atom is 0.317 e. The van der Waals surface area contributed by atoms with Gasteiger partial charge in [-0.3, -0.25) is 4.90 Å². The summed E-state index contributed by atoms with van der Waals surface area (Å²) in [5, 5.41) is 2.94. The first-order valence-corrected chi connectivity index (χ1v) is 7.68. The molecule has 1 aromatic rings. The Morgan fingerprint density at radius 3 is 2.95 bits per heavy atom. The van der Waals surface area contributed by atoms with Gasteiger partial charge in [0.2, 0.25) is 0 Å². The number of likely N-dealkylation sites (N-methyl/N-ethyl adjacent to an activating group) is 1. The summed E-state index contributed by atoms with van der Waals surface area (Å²) < 4.78 is 5.76. The van der Waals surface area contributed by atoms with Gasteiger partial charge < -0.3 is 15.0 Å². The molecule has 0 radical (unpaired) electrons. The summed E-state index contributed by atoms with van der Waals surface area (Å²) in [5.74, 6) is 0.728. The first kappa shape index (κ1) is 15.2. The minimum absolute atomic E-state index is 0.0553. The van der Waals surface area contributed by atoms with Crippen molar-refractivity contribution in [3.05, 3.63) is 23.3 Å². The average molecular weight is 305 g/mol. The molecule has 2 aliphatic rings. The van der Waals surface area contributed by atoms with Crippen LogP contribution in [-0.2, 0) is 11.3 Å². The van der Waals surface area contributed by atoms with E-state index in [-0.39, 0.29) is 12.1 Å². The number of nitrogens with one attached hydrogen (secondary N) is 1. The highest BCUT2D eigenvalue weighted by Gasteiger charge is 2.40. The second-order valence-electron chi connectivity index (χ2n) is 6.07. The molecule has 7 heteroatoms. The normalized spacial score (nSPS) is 25.1. The summed E-state index contributed by atoms with van der Waals surface area (Å²) >= 11 is 0. The second kappa shape index (κ2) is 6.18. The Morgan fingerprint density at radius 1 is 1.41 bits per heavy atom. The number of aryl methyl sites for hydroxylation is 2. The van der Waals surface area contributed by atoms with Gasteiger partial charge in [0.25, 0.3) is 0 Å². The summed E-state index contributed by atoms with van der Waals surface area (Å²) in [7, 11) is 2.09. The van der Waals surface area contributed by atoms with Gasteiger partial charge in [-0.05, 0) is 27.0 Å². The van der Waals surface area contributed by atoms with Crippen molar-refractivity contribution in [1.29, 1.82) is 0 Å². The van der Waals surface area contributed by atoms with Crippen LogP contribution in [0.15, 0.2) is 6.07 Å². The summed E-state index contributed by atoms with van der Waals surface area (Å²) in [5.41, 5.74) is 1.75. The molecule has 2 atom stereocenters. The Balaban J connectivity index is 1.56. The Morgan fingerprint density at radius 2 is 2.23 bits per heavy atom. The summed E-state index contributed by atoms with van der Waals surface area (Å²) in [4.78, 5) is 25.0. The third kappa shape index (κ3) is 3.20. The number of aromatic nitrogens is 2. The van der Waals surface area contributed by atoms with Gasteiger partial charge in [-0.2, -0.15) is 0 Å². The number of carbonyl (C=O) groups is 1. The lowest BCUT2D eigenvalue weighted by molar-refractivity contribution is -0.0367. The molecule has 2 aliphatic heterocycles. The maximum atomic E-state index is 12.3. The molecule has 2 amide bonds. The number of likely N-dealkylation sites (tertiary alicyclic amines) is 1. The van der Waals surface area contributed by atoms with E-state index in [1.54, 1.807) is 0 Å². The highest BCUT2D eigenvalue weighted by molar-refractivity contribution is 5.74. The molecule has 0 unspecified atom stereocenters. The van der Waals surface area contributed by atoms with Crippen LogP contribution < -0.4 is 5.32 Å². The predicted octanol–water partition coefficient (Wildman–Crippen LogP) is 0.318. The van der Waals surface area contributed by atoms with Crippen LogP contribution in [0.1, 0.15) is 17.2 Å². The molecule has 1 aromatic heterocycles. The minimum Gasteiger partial charge on any atom is -0.373 e. The van der Waals surface area contributed by atoms with Crippen LogP contribution >= 0.6 is 0 Å². The van der Waals surface area contributed by atoms with Crippen molar-refractivity contribution in [2.24, 2.45) is 0 Å². The van der Waals surface area contributed by atoms with Crippen LogP contribution in [0.2, 0.25) is 0 Å². The van der Waals surface area contributed by atoms with Gasteiger partial charge in [0.15, 0.2) is 0 Å². The molecular formula is C15H23N5O2. The van der Waals surface area contributed by atoms with Crippen LogP contribution in [0.5, 0.6) is 0 Å². The number of morpholine rings is 1. The average Bonchev–Trinajstić information content (AvgIpc) is 2.89. The quantitative estimate of drug-likeness (QED) is 0.852. The van der Waals surface area contributed by atoms with Crippen molar-refractivity contribution in [2.75, 3.05) is 33.3 Å². The third-order valence-corrected chi connectivity index (χ3v) is 4.31. The van der Waals surface area contributed by atoms with Gasteiger partial charge in [-0.1, -0.05) is 0 Å². The fourth-order valence-corrected chi connectivity index (χ4v) is 3.19. The smallest absolute Gasteiger partial charge is 0.317 e. The molecule has 0 aliphatic carbocycles. The van der Waals surface area contributed by atoms with E-state index in [9.17, 15) is 4.79 Å². The van der Waals surface area contributed by atoms with Gasteiger partial charge >= 0.3 is 6.03 Å². The molecule has 3 rings (SSSR count). The van der Waals surface area contributed by atoms with E-state index in [0.717, 1.165) is 36.9 Å². The van der Waals surface area contributed by atoms with Crippen molar-refractivity contribution >= 4 is 6.03 Å². The van der Waals surface area contributed by atoms with Gasteiger partial charge in [0.1, 0.15) is 5.82 Å². The van der Waals surface area contributed by atoms with E-state index in [1.165, 1.54) is 0 Å². The predicted molar refractivity (Wildman–Crippen MR) is 81.5 cm³/mol. The van der Waals surface area contributed by atoms with E-state index in [1.807, 2.05) is 24.8 Å². The summed E-state index contributed by atoms with van der Waals surface area (Å²) in [6, 6.07) is 2.15. The maximum absolute atomic E-state index is 12.3. The number of rotatable bonds is 2. The van der Waals surface area contributed by atoms with E-state index in [2.05, 4.69) is 27.2 Å². The molecule has 2 saturated heterocycles. The van der Waals surface area contributed by atoms with Crippen molar-refractivity contribution in [3.63, 3.8) is 0 Å². The molecule has 22 heavy (non-hydrogen) atoms. The van der Waals surface area contributed by atoms with Crippen molar-refractivity contribution < 1.29 is 9.53 Å². The van der Waals surface area contributed by atoms with Gasteiger partial charge in [-0.15, -0.1) is 0 Å². The van der Waals surface area contributed by atoms with Crippen molar-refractivity contribution in [2.45, 2.75) is 32.5 Å². The number of amides is 2. The molecule has 2 fully saturated rings. The zero-order chi connectivity index (χ0) is 15.7. The van der Waals surface area contributed by atoms with Crippen LogP contribution in [-0.4, -0.2) is 71.2 Å². The van der Waals surface area contributed by atoms with Gasteiger partial charge in [0.05, 0.1) is 37.5 Å². The highest BCUT2D eigenvalue weighted by Crippen LogP contribution is 2.21. The largest absolute Gasteiger partial charge is 0.373 e. The fourth-order valence-electron chi connectivity index (χ4n) is 3.19. The molecule has 3 heterocycles. The van der Waals surface area contributed by atoms with E-state index >= 15 is 0 Å². The molecular weight excluding hydrogens is 282 g/mol. The number of ether oxygens (including phenoxy) is 1. The monoisotopic (exact) mass is 305 g/mol. The van der Waals surface area contributed by atoms with Crippen molar-refractivity contribution in [1.82, 2.24) is 25.1 Å². The summed E-state index contributed by atoms with van der Waals surface area (Å²) in [6.07, 6.45) is 0.132. The zero-order valence-corrected chi connectivity index (χ0v) is 13.4. The molecule has 0 saturated carbocycles. The van der Waals surface area contributed by atoms with Crippen LogP contribution in [0.4, 0.5) is 4.79 Å². The Hall–Kier alpha value is -1.73. The number of hydrogen-bond acceptors (Lipinski definition) is 5. The SMILES string of the molecule is Cc1cc(CNC(=O)N2C[C@H]3OCCN(C)[C@H]3C2)nc(C)n1. The Bertz CT molecular complexity index is 545. The number of fused-ring (bicyclic) bond motifs is 1. The lowest BCUT2D eigenvalue weighted by Crippen LogP contribution is -2.48. The van der Waals surface area contributed by atoms with Crippen molar-refractivity contribution in [3.8, 4) is 0 Å². The first-order chi connectivity index (χ1) is 10.5. The molecule has 120 valence electrons. The number of urea groups is 1. The zero-order valence-electron chi connectivity index (χ0n) is 13.4. The Kier molecular flexibility index (Phi) is 4.26. The highest BCUT2D eigenvalue weighted by atomic mass is 16.5.